The predicted octanol–water partition coefficient (Wildman–Crippen LogP) is 4.97. The Morgan fingerprint density at radius 1 is 0.933 bits per heavy atom. The lowest BCUT2D eigenvalue weighted by atomic mass is 10.1. The maximum atomic E-state index is 13.3. The number of benzene rings is 3. The highest BCUT2D eigenvalue weighted by Gasteiger charge is 2.10. The van der Waals surface area contributed by atoms with Crippen LogP contribution in [0.3, 0.4) is 0 Å². The second-order valence-electron chi connectivity index (χ2n) is 6.89. The van der Waals surface area contributed by atoms with Crippen LogP contribution < -0.4 is 5.32 Å². The first kappa shape index (κ1) is 21.6. The zero-order valence-corrected chi connectivity index (χ0v) is 17.5. The van der Waals surface area contributed by atoms with Gasteiger partial charge < -0.3 is 10.2 Å². The van der Waals surface area contributed by atoms with Gasteiger partial charge in [-0.1, -0.05) is 42.5 Å². The summed E-state index contributed by atoms with van der Waals surface area (Å²) in [5.41, 5.74) is 3.14. The summed E-state index contributed by atoms with van der Waals surface area (Å²) in [6.07, 6.45) is 0. The molecule has 154 valence electrons. The van der Waals surface area contributed by atoms with Gasteiger partial charge in [0, 0.05) is 30.6 Å². The topological polar surface area (TPSA) is 49.4 Å². The molecule has 0 bridgehead atoms. The van der Waals surface area contributed by atoms with Crippen molar-refractivity contribution in [3.05, 3.63) is 101 Å². The van der Waals surface area contributed by atoms with Crippen LogP contribution in [-0.4, -0.2) is 29.5 Å². The van der Waals surface area contributed by atoms with Crippen molar-refractivity contribution >= 4 is 29.3 Å². The van der Waals surface area contributed by atoms with Gasteiger partial charge >= 0.3 is 0 Å². The van der Waals surface area contributed by atoms with Crippen molar-refractivity contribution in [2.24, 2.45) is 0 Å². The number of anilines is 1. The van der Waals surface area contributed by atoms with Gasteiger partial charge in [0.25, 0.3) is 5.91 Å². The number of nitrogens with one attached hydrogen (secondary N) is 1. The molecule has 0 aliphatic heterocycles. The van der Waals surface area contributed by atoms with Crippen LogP contribution in [0.15, 0.2) is 78.9 Å². The summed E-state index contributed by atoms with van der Waals surface area (Å²) in [7, 11) is 1.72. The molecule has 0 aliphatic carbocycles. The van der Waals surface area contributed by atoms with Crippen LogP contribution in [0, 0.1) is 5.82 Å². The molecular weight excluding hydrogens is 399 g/mol. The van der Waals surface area contributed by atoms with Gasteiger partial charge in [0.1, 0.15) is 5.82 Å². The van der Waals surface area contributed by atoms with Crippen LogP contribution in [0.5, 0.6) is 0 Å². The Labute approximate surface area is 180 Å². The largest absolute Gasteiger partial charge is 0.341 e. The Morgan fingerprint density at radius 3 is 2.37 bits per heavy atom. The summed E-state index contributed by atoms with van der Waals surface area (Å²) in [4.78, 5) is 26.2. The first-order valence-corrected chi connectivity index (χ1v) is 10.7. The summed E-state index contributed by atoms with van der Waals surface area (Å²) >= 11 is 1.51. The monoisotopic (exact) mass is 422 g/mol. The number of hydrogen-bond acceptors (Lipinski definition) is 3. The average molecular weight is 423 g/mol. The molecule has 6 heteroatoms. The molecule has 0 spiro atoms. The van der Waals surface area contributed by atoms with Gasteiger partial charge in [-0.3, -0.25) is 9.59 Å². The van der Waals surface area contributed by atoms with E-state index in [-0.39, 0.29) is 17.6 Å². The molecule has 0 saturated heterocycles. The minimum Gasteiger partial charge on any atom is -0.341 e. The molecule has 0 unspecified atom stereocenters. The second-order valence-corrected chi connectivity index (χ2v) is 7.88. The predicted molar refractivity (Wildman–Crippen MR) is 120 cm³/mol. The van der Waals surface area contributed by atoms with Gasteiger partial charge in [0.2, 0.25) is 5.91 Å². The first-order valence-electron chi connectivity index (χ1n) is 9.53. The van der Waals surface area contributed by atoms with Crippen molar-refractivity contribution in [2.75, 3.05) is 18.1 Å². The number of para-hydroxylation sites is 1. The molecule has 0 saturated carbocycles. The van der Waals surface area contributed by atoms with E-state index in [0.29, 0.717) is 23.6 Å². The Kier molecular flexibility index (Phi) is 7.63. The van der Waals surface area contributed by atoms with E-state index in [1.807, 2.05) is 42.5 Å². The lowest BCUT2D eigenvalue weighted by molar-refractivity contribution is -0.127. The molecule has 30 heavy (non-hydrogen) atoms. The molecule has 1 N–H and O–H groups in total. The number of thioether (sulfide) groups is 1. The molecule has 3 aromatic carbocycles. The average Bonchev–Trinajstić information content (AvgIpc) is 2.75. The lowest BCUT2D eigenvalue weighted by Crippen LogP contribution is -2.27. The van der Waals surface area contributed by atoms with Crippen LogP contribution >= 0.6 is 11.8 Å². The van der Waals surface area contributed by atoms with Crippen molar-refractivity contribution in [2.45, 2.75) is 12.3 Å². The minimum atomic E-state index is -0.302. The lowest BCUT2D eigenvalue weighted by Gasteiger charge is -2.17. The van der Waals surface area contributed by atoms with Crippen LogP contribution in [0.1, 0.15) is 21.5 Å². The smallest absolute Gasteiger partial charge is 0.255 e. The fourth-order valence-electron chi connectivity index (χ4n) is 2.84. The fraction of sp³-hybridized carbons (Fsp3) is 0.167. The van der Waals surface area contributed by atoms with Crippen molar-refractivity contribution < 1.29 is 14.0 Å². The Balaban J connectivity index is 1.44. The number of halogens is 1. The zero-order valence-electron chi connectivity index (χ0n) is 16.7. The van der Waals surface area contributed by atoms with Crippen LogP contribution in [0.2, 0.25) is 0 Å². The van der Waals surface area contributed by atoms with Crippen LogP contribution in [0.25, 0.3) is 0 Å². The maximum absolute atomic E-state index is 13.3. The number of carbonyl (C=O) groups excluding carboxylic acids is 2. The standard InChI is InChI=1S/C24H23FN2O2S/c1-27(15-19-6-5-7-21(25)14-19)23(28)17-30-16-18-10-12-20(13-11-18)24(29)26-22-8-3-2-4-9-22/h2-14H,15-17H2,1H3,(H,26,29). The molecule has 0 aromatic heterocycles. The zero-order chi connectivity index (χ0) is 21.3. The summed E-state index contributed by atoms with van der Waals surface area (Å²) in [6.45, 7) is 0.377. The van der Waals surface area contributed by atoms with Gasteiger partial charge in [-0.05, 0) is 47.5 Å². The summed E-state index contributed by atoms with van der Waals surface area (Å²) < 4.78 is 13.3. The minimum absolute atomic E-state index is 0.0110. The first-order chi connectivity index (χ1) is 14.5. The van der Waals surface area contributed by atoms with Gasteiger partial charge in [0.15, 0.2) is 0 Å². The van der Waals surface area contributed by atoms with E-state index in [4.69, 9.17) is 0 Å². The van der Waals surface area contributed by atoms with E-state index in [1.165, 1.54) is 23.9 Å². The summed E-state index contributed by atoms with van der Waals surface area (Å²) in [5.74, 6) is 0.531. The number of carbonyl (C=O) groups is 2. The third kappa shape index (κ3) is 6.46. The quantitative estimate of drug-likeness (QED) is 0.558. The highest BCUT2D eigenvalue weighted by atomic mass is 32.2. The Morgan fingerprint density at radius 2 is 1.67 bits per heavy atom. The van der Waals surface area contributed by atoms with Gasteiger partial charge in [-0.15, -0.1) is 11.8 Å². The maximum Gasteiger partial charge on any atom is 0.255 e. The molecule has 3 rings (SSSR count). The van der Waals surface area contributed by atoms with E-state index in [2.05, 4.69) is 5.32 Å². The number of rotatable bonds is 8. The third-order valence-corrected chi connectivity index (χ3v) is 5.47. The molecule has 0 fully saturated rings. The molecule has 0 heterocycles. The summed E-state index contributed by atoms with van der Waals surface area (Å²) in [5, 5.41) is 2.85. The normalized spacial score (nSPS) is 10.5. The van der Waals surface area contributed by atoms with E-state index < -0.39 is 0 Å². The van der Waals surface area contributed by atoms with E-state index in [9.17, 15) is 14.0 Å². The molecule has 0 aliphatic rings. The molecule has 4 nitrogen and oxygen atoms in total. The second kappa shape index (κ2) is 10.6. The van der Waals surface area contributed by atoms with Gasteiger partial charge in [0.05, 0.1) is 5.75 Å². The number of amides is 2. The van der Waals surface area contributed by atoms with Crippen LogP contribution in [-0.2, 0) is 17.1 Å². The summed E-state index contributed by atoms with van der Waals surface area (Å²) in [6, 6.07) is 22.9. The van der Waals surface area contributed by atoms with Gasteiger partial charge in [-0.25, -0.2) is 4.39 Å². The van der Waals surface area contributed by atoms with Gasteiger partial charge in [-0.2, -0.15) is 0 Å². The fourth-order valence-corrected chi connectivity index (χ4v) is 3.77. The molecule has 3 aromatic rings. The van der Waals surface area contributed by atoms with E-state index >= 15 is 0 Å². The Hall–Kier alpha value is -3.12. The highest BCUT2D eigenvalue weighted by molar-refractivity contribution is 7.99. The Bertz CT molecular complexity index is 994. The highest BCUT2D eigenvalue weighted by Crippen LogP contribution is 2.16. The molecule has 0 radical (unpaired) electrons. The third-order valence-electron chi connectivity index (χ3n) is 4.48. The SMILES string of the molecule is CN(Cc1cccc(F)c1)C(=O)CSCc1ccc(C(=O)Nc2ccccc2)cc1. The number of hydrogen-bond donors (Lipinski definition) is 1. The van der Waals surface area contributed by atoms with Crippen molar-refractivity contribution in [1.82, 2.24) is 4.90 Å². The van der Waals surface area contributed by atoms with E-state index in [0.717, 1.165) is 16.8 Å². The van der Waals surface area contributed by atoms with Crippen molar-refractivity contribution in [3.8, 4) is 0 Å². The number of nitrogens with zero attached hydrogens (tertiary/aromatic N) is 1. The van der Waals surface area contributed by atoms with Crippen molar-refractivity contribution in [3.63, 3.8) is 0 Å². The molecule has 2 amide bonds. The van der Waals surface area contributed by atoms with Crippen LogP contribution in [0.4, 0.5) is 10.1 Å². The van der Waals surface area contributed by atoms with Crippen molar-refractivity contribution in [1.29, 1.82) is 0 Å². The molecular formula is C24H23FN2O2S. The van der Waals surface area contributed by atoms with E-state index in [1.54, 1.807) is 36.2 Å². The molecule has 0 atom stereocenters.